The molecule has 8 heteroatoms. The third kappa shape index (κ3) is 3.60. The summed E-state index contributed by atoms with van der Waals surface area (Å²) in [6, 6.07) is 3.08. The van der Waals surface area contributed by atoms with E-state index in [1.165, 1.54) is 23.9 Å². The molecule has 116 valence electrons. The van der Waals surface area contributed by atoms with Gasteiger partial charge in [-0.3, -0.25) is 14.3 Å². The smallest absolute Gasteiger partial charge is 0.355 e. The van der Waals surface area contributed by atoms with Crippen LogP contribution >= 0.6 is 0 Å². The van der Waals surface area contributed by atoms with Gasteiger partial charge in [0.2, 0.25) is 0 Å². The van der Waals surface area contributed by atoms with Crippen molar-refractivity contribution in [3.8, 4) is 0 Å². The molecular weight excluding hydrogens is 288 g/mol. The molecule has 2 aromatic heterocycles. The van der Waals surface area contributed by atoms with Crippen molar-refractivity contribution < 1.29 is 19.1 Å². The number of H-pyrrole nitrogens is 1. The van der Waals surface area contributed by atoms with Crippen molar-refractivity contribution >= 4 is 23.5 Å². The van der Waals surface area contributed by atoms with E-state index in [2.05, 4.69) is 15.4 Å². The molecule has 2 rings (SSSR count). The average molecular weight is 304 g/mol. The highest BCUT2D eigenvalue weighted by Crippen LogP contribution is 2.08. The zero-order valence-corrected chi connectivity index (χ0v) is 12.5. The van der Waals surface area contributed by atoms with Crippen LogP contribution in [0.2, 0.25) is 0 Å². The Labute approximate surface area is 126 Å². The Kier molecular flexibility index (Phi) is 4.40. The standard InChI is InChI=1S/C14H16N4O4/c1-8-4-12(18(3)17-8)16-13(20)7-22-14(21)11-5-10(6-15-11)9(2)19/h4-6,15H,7H2,1-3H3,(H,16,20). The lowest BCUT2D eigenvalue weighted by atomic mass is 10.2. The first-order valence-corrected chi connectivity index (χ1v) is 6.54. The van der Waals surface area contributed by atoms with Crippen molar-refractivity contribution in [2.45, 2.75) is 13.8 Å². The third-order valence-corrected chi connectivity index (χ3v) is 2.91. The summed E-state index contributed by atoms with van der Waals surface area (Å²) in [5, 5.41) is 6.66. The van der Waals surface area contributed by atoms with Crippen molar-refractivity contribution in [2.75, 3.05) is 11.9 Å². The minimum atomic E-state index is -0.705. The first-order valence-electron chi connectivity index (χ1n) is 6.54. The van der Waals surface area contributed by atoms with E-state index in [4.69, 9.17) is 4.74 Å². The van der Waals surface area contributed by atoms with Crippen LogP contribution in [-0.2, 0) is 16.6 Å². The number of aryl methyl sites for hydroxylation is 2. The van der Waals surface area contributed by atoms with Gasteiger partial charge in [0, 0.05) is 24.9 Å². The molecule has 8 nitrogen and oxygen atoms in total. The zero-order valence-electron chi connectivity index (χ0n) is 12.5. The molecule has 0 radical (unpaired) electrons. The van der Waals surface area contributed by atoms with E-state index in [0.717, 1.165) is 5.69 Å². The van der Waals surface area contributed by atoms with Gasteiger partial charge in [0.1, 0.15) is 11.5 Å². The predicted molar refractivity (Wildman–Crippen MR) is 77.7 cm³/mol. The lowest BCUT2D eigenvalue weighted by Crippen LogP contribution is -2.22. The molecule has 2 heterocycles. The van der Waals surface area contributed by atoms with Gasteiger partial charge in [0.05, 0.1) is 5.69 Å². The number of aromatic amines is 1. The van der Waals surface area contributed by atoms with E-state index < -0.39 is 18.5 Å². The minimum absolute atomic E-state index is 0.120. The van der Waals surface area contributed by atoms with Crippen LogP contribution in [0, 0.1) is 6.92 Å². The van der Waals surface area contributed by atoms with E-state index in [0.29, 0.717) is 11.4 Å². The van der Waals surface area contributed by atoms with Gasteiger partial charge in [0.25, 0.3) is 5.91 Å². The van der Waals surface area contributed by atoms with Gasteiger partial charge in [-0.1, -0.05) is 0 Å². The molecule has 0 bridgehead atoms. The maximum Gasteiger partial charge on any atom is 0.355 e. The highest BCUT2D eigenvalue weighted by Gasteiger charge is 2.14. The molecule has 1 amide bonds. The van der Waals surface area contributed by atoms with Crippen LogP contribution in [0.1, 0.15) is 33.5 Å². The Bertz CT molecular complexity index is 729. The summed E-state index contributed by atoms with van der Waals surface area (Å²) >= 11 is 0. The fourth-order valence-electron chi connectivity index (χ4n) is 1.83. The van der Waals surface area contributed by atoms with Crippen molar-refractivity contribution in [3.63, 3.8) is 0 Å². The fraction of sp³-hybridized carbons (Fsp3) is 0.286. The van der Waals surface area contributed by atoms with Gasteiger partial charge in [-0.2, -0.15) is 5.10 Å². The summed E-state index contributed by atoms with van der Waals surface area (Å²) in [5.41, 5.74) is 1.26. The topological polar surface area (TPSA) is 106 Å². The molecule has 0 aliphatic carbocycles. The molecule has 0 saturated heterocycles. The maximum absolute atomic E-state index is 11.7. The quantitative estimate of drug-likeness (QED) is 0.634. The summed E-state index contributed by atoms with van der Waals surface area (Å²) in [6.45, 7) is 2.76. The number of rotatable bonds is 5. The fourth-order valence-corrected chi connectivity index (χ4v) is 1.83. The highest BCUT2D eigenvalue weighted by atomic mass is 16.5. The van der Waals surface area contributed by atoms with E-state index in [1.807, 2.05) is 0 Å². The van der Waals surface area contributed by atoms with Crippen LogP contribution in [0.25, 0.3) is 0 Å². The van der Waals surface area contributed by atoms with Crippen molar-refractivity contribution in [1.82, 2.24) is 14.8 Å². The molecule has 0 atom stereocenters. The van der Waals surface area contributed by atoms with Gasteiger partial charge in [-0.05, 0) is 19.9 Å². The lowest BCUT2D eigenvalue weighted by molar-refractivity contribution is -0.119. The summed E-state index contributed by atoms with van der Waals surface area (Å²) in [4.78, 5) is 37.2. The first-order chi connectivity index (χ1) is 10.4. The van der Waals surface area contributed by atoms with Crippen molar-refractivity contribution in [2.24, 2.45) is 7.05 Å². The largest absolute Gasteiger partial charge is 0.451 e. The number of ether oxygens (including phenoxy) is 1. The number of aromatic nitrogens is 3. The number of carbonyl (C=O) groups is 3. The van der Waals surface area contributed by atoms with Gasteiger partial charge >= 0.3 is 5.97 Å². The van der Waals surface area contributed by atoms with Crippen LogP contribution in [0.5, 0.6) is 0 Å². The molecule has 2 N–H and O–H groups in total. The van der Waals surface area contributed by atoms with Crippen LogP contribution in [0.15, 0.2) is 18.3 Å². The van der Waals surface area contributed by atoms with Gasteiger partial charge in [-0.25, -0.2) is 4.79 Å². The monoisotopic (exact) mass is 304 g/mol. The normalized spacial score (nSPS) is 10.3. The number of carbonyl (C=O) groups excluding carboxylic acids is 3. The van der Waals surface area contributed by atoms with E-state index in [-0.39, 0.29) is 11.5 Å². The van der Waals surface area contributed by atoms with E-state index >= 15 is 0 Å². The number of Topliss-reactive ketones (excluding diaryl/α,β-unsaturated/α-hetero) is 1. The second kappa shape index (κ2) is 6.25. The summed E-state index contributed by atoms with van der Waals surface area (Å²) in [6.07, 6.45) is 1.41. The predicted octanol–water partition coefficient (Wildman–Crippen LogP) is 1.05. The number of nitrogens with zero attached hydrogens (tertiary/aromatic N) is 2. The average Bonchev–Trinajstić information content (AvgIpc) is 3.04. The molecule has 0 aliphatic rings. The van der Waals surface area contributed by atoms with Crippen LogP contribution in [-0.4, -0.2) is 39.0 Å². The summed E-state index contributed by atoms with van der Waals surface area (Å²) in [7, 11) is 1.69. The number of hydrogen-bond acceptors (Lipinski definition) is 5. The number of amides is 1. The van der Waals surface area contributed by atoms with Crippen LogP contribution < -0.4 is 5.32 Å². The molecule has 0 saturated carbocycles. The number of anilines is 1. The Morgan fingerprint density at radius 3 is 2.64 bits per heavy atom. The number of hydrogen-bond donors (Lipinski definition) is 2. The van der Waals surface area contributed by atoms with Gasteiger partial charge in [0.15, 0.2) is 12.4 Å². The van der Waals surface area contributed by atoms with E-state index in [9.17, 15) is 14.4 Å². The molecule has 0 unspecified atom stereocenters. The second-order valence-corrected chi connectivity index (χ2v) is 4.78. The first kappa shape index (κ1) is 15.5. The third-order valence-electron chi connectivity index (χ3n) is 2.91. The maximum atomic E-state index is 11.7. The Morgan fingerprint density at radius 1 is 1.36 bits per heavy atom. The van der Waals surface area contributed by atoms with Crippen molar-refractivity contribution in [3.05, 3.63) is 35.3 Å². The van der Waals surface area contributed by atoms with E-state index in [1.54, 1.807) is 20.0 Å². The van der Waals surface area contributed by atoms with Crippen LogP contribution in [0.3, 0.4) is 0 Å². The lowest BCUT2D eigenvalue weighted by Gasteiger charge is -2.05. The Hall–Kier alpha value is -2.90. The second-order valence-electron chi connectivity index (χ2n) is 4.78. The van der Waals surface area contributed by atoms with Crippen molar-refractivity contribution in [1.29, 1.82) is 0 Å². The van der Waals surface area contributed by atoms with Gasteiger partial charge in [-0.15, -0.1) is 0 Å². The molecule has 2 aromatic rings. The number of esters is 1. The number of nitrogens with one attached hydrogen (secondary N) is 2. The molecule has 22 heavy (non-hydrogen) atoms. The molecule has 0 fully saturated rings. The zero-order chi connectivity index (χ0) is 16.3. The number of ketones is 1. The summed E-state index contributed by atoms with van der Waals surface area (Å²) in [5.74, 6) is -0.838. The molecule has 0 aliphatic heterocycles. The van der Waals surface area contributed by atoms with Crippen LogP contribution in [0.4, 0.5) is 5.82 Å². The Balaban J connectivity index is 1.88. The molecular formula is C14H16N4O4. The highest BCUT2D eigenvalue weighted by molar-refractivity contribution is 5.98. The summed E-state index contributed by atoms with van der Waals surface area (Å²) < 4.78 is 6.39. The SMILES string of the molecule is CC(=O)c1c[nH]c(C(=O)OCC(=O)Nc2cc(C)nn2C)c1. The molecule has 0 aromatic carbocycles. The van der Waals surface area contributed by atoms with Gasteiger partial charge < -0.3 is 15.0 Å². The molecule has 0 spiro atoms. The Morgan fingerprint density at radius 2 is 2.09 bits per heavy atom. The minimum Gasteiger partial charge on any atom is -0.451 e.